The molecule has 30 heavy (non-hydrogen) atoms. The molecule has 7 heteroatoms. The Balaban J connectivity index is 0.000000575. The average molecular weight is 498 g/mol. The Bertz CT molecular complexity index is 771. The van der Waals surface area contributed by atoms with Crippen molar-refractivity contribution in [2.24, 2.45) is 10.2 Å². The van der Waals surface area contributed by atoms with Gasteiger partial charge in [-0.05, 0) is 24.6 Å². The van der Waals surface area contributed by atoms with E-state index in [9.17, 15) is 0 Å². The van der Waals surface area contributed by atoms with Crippen molar-refractivity contribution in [3.8, 4) is 0 Å². The number of rotatable bonds is 4. The number of nitrogens with one attached hydrogen (secondary N) is 2. The Labute approximate surface area is 204 Å². The van der Waals surface area contributed by atoms with E-state index in [0.29, 0.717) is 5.11 Å². The van der Waals surface area contributed by atoms with Gasteiger partial charge in [-0.3, -0.25) is 10.9 Å². The SMILES string of the molecule is S=C(NN=C[c-]1cccc1)NN=C[c-]1cccc1.[Fe+2].[Fe+2].c1cc[cH-]c1.c1cc[cH-]c1. The molecular weight excluding hydrogens is 476 g/mol. The molecule has 0 aliphatic rings. The largest absolute Gasteiger partial charge is 2.00 e. The summed E-state index contributed by atoms with van der Waals surface area (Å²) in [5, 5.41) is 8.30. The Morgan fingerprint density at radius 3 is 1.23 bits per heavy atom. The summed E-state index contributed by atoms with van der Waals surface area (Å²) in [7, 11) is 0. The van der Waals surface area contributed by atoms with E-state index in [-0.39, 0.29) is 34.1 Å². The predicted octanol–water partition coefficient (Wildman–Crippen LogP) is 4.76. The van der Waals surface area contributed by atoms with Gasteiger partial charge in [0.15, 0.2) is 0 Å². The van der Waals surface area contributed by atoms with Crippen LogP contribution < -0.4 is 10.9 Å². The van der Waals surface area contributed by atoms with Crippen LogP contribution in [0.4, 0.5) is 0 Å². The molecule has 4 nitrogen and oxygen atoms in total. The third-order valence-electron chi connectivity index (χ3n) is 3.25. The van der Waals surface area contributed by atoms with Crippen molar-refractivity contribution in [2.45, 2.75) is 0 Å². The van der Waals surface area contributed by atoms with Crippen molar-refractivity contribution >= 4 is 29.8 Å². The first kappa shape index (κ1) is 27.5. The van der Waals surface area contributed by atoms with Crippen LogP contribution in [0.5, 0.6) is 0 Å². The van der Waals surface area contributed by atoms with Gasteiger partial charge < -0.3 is 0 Å². The third kappa shape index (κ3) is 13.6. The number of nitrogens with zero attached hydrogens (tertiary/aromatic N) is 2. The minimum Gasteiger partial charge on any atom is -0.253 e. The van der Waals surface area contributed by atoms with Crippen molar-refractivity contribution in [2.75, 3.05) is 0 Å². The molecule has 0 radical (unpaired) electrons. The van der Waals surface area contributed by atoms with Gasteiger partial charge in [0.2, 0.25) is 5.11 Å². The molecule has 0 amide bonds. The van der Waals surface area contributed by atoms with Crippen molar-refractivity contribution < 1.29 is 34.1 Å². The summed E-state index contributed by atoms with van der Waals surface area (Å²) in [4.78, 5) is 0. The van der Waals surface area contributed by atoms with Gasteiger partial charge in [0.1, 0.15) is 0 Å². The first-order chi connectivity index (χ1) is 13.8. The Hall–Kier alpha value is -2.53. The van der Waals surface area contributed by atoms with E-state index in [1.165, 1.54) is 0 Å². The van der Waals surface area contributed by atoms with Crippen molar-refractivity contribution in [3.63, 3.8) is 0 Å². The van der Waals surface area contributed by atoms with E-state index in [2.05, 4.69) is 21.1 Å². The average Bonchev–Trinajstić information content (AvgIpc) is 3.54. The standard InChI is InChI=1S/C13H12N4S.2C5H5.2Fe/c18-13(16-14-9-11-5-1-2-6-11)17-15-10-12-7-3-4-8-12;2*1-2-4-5-3-1;;/h1-10H,(H2,16,17,18);2*1-5H;;/q-2;2*-1;2*+2. The molecule has 0 aliphatic heterocycles. The first-order valence-electron chi connectivity index (χ1n) is 8.73. The molecule has 0 aliphatic carbocycles. The van der Waals surface area contributed by atoms with Gasteiger partial charge in [-0.1, -0.05) is 0 Å². The molecule has 0 saturated heterocycles. The summed E-state index contributed by atoms with van der Waals surface area (Å²) in [6, 6.07) is 35.6. The van der Waals surface area contributed by atoms with E-state index in [1.54, 1.807) is 12.4 Å². The molecule has 4 aromatic carbocycles. The fourth-order valence-corrected chi connectivity index (χ4v) is 2.05. The van der Waals surface area contributed by atoms with Crippen LogP contribution in [0.2, 0.25) is 0 Å². The molecule has 0 bridgehead atoms. The maximum absolute atomic E-state index is 4.99. The van der Waals surface area contributed by atoms with Crippen LogP contribution in [0, 0.1) is 0 Å². The van der Waals surface area contributed by atoms with E-state index in [1.807, 2.05) is 109 Å². The van der Waals surface area contributed by atoms with E-state index in [0.717, 1.165) is 11.1 Å². The Morgan fingerprint density at radius 1 is 0.633 bits per heavy atom. The second kappa shape index (κ2) is 18.5. The maximum atomic E-state index is 4.99. The molecule has 0 saturated carbocycles. The van der Waals surface area contributed by atoms with Gasteiger partial charge in [0, 0.05) is 0 Å². The Kier molecular flexibility index (Phi) is 16.9. The molecule has 0 unspecified atom stereocenters. The van der Waals surface area contributed by atoms with Gasteiger partial charge in [-0.25, -0.2) is 48.5 Å². The van der Waals surface area contributed by atoms with Gasteiger partial charge in [-0.15, -0.1) is 11.1 Å². The number of thiocarbonyl (C=S) groups is 1. The zero-order chi connectivity index (χ0) is 19.7. The van der Waals surface area contributed by atoms with Crippen LogP contribution in [0.3, 0.4) is 0 Å². The molecule has 0 heterocycles. The normalized spacial score (nSPS) is 9.33. The molecule has 4 rings (SSSR count). The Morgan fingerprint density at radius 2 is 0.967 bits per heavy atom. The molecule has 156 valence electrons. The summed E-state index contributed by atoms with van der Waals surface area (Å²) in [5.41, 5.74) is 7.39. The summed E-state index contributed by atoms with van der Waals surface area (Å²) < 4.78 is 0. The monoisotopic (exact) mass is 498 g/mol. The fourth-order valence-electron chi connectivity index (χ4n) is 1.95. The van der Waals surface area contributed by atoms with Crippen LogP contribution in [-0.2, 0) is 34.1 Å². The molecule has 0 spiro atoms. The van der Waals surface area contributed by atoms with Gasteiger partial charge in [0.25, 0.3) is 0 Å². The van der Waals surface area contributed by atoms with E-state index in [4.69, 9.17) is 12.2 Å². The zero-order valence-corrected chi connectivity index (χ0v) is 19.1. The summed E-state index contributed by atoms with van der Waals surface area (Å²) >= 11 is 4.99. The zero-order valence-electron chi connectivity index (χ0n) is 16.1. The molecular formula is C23H22Fe2N4S. The number of hydrogen-bond acceptors (Lipinski definition) is 3. The molecule has 2 N–H and O–H groups in total. The summed E-state index contributed by atoms with van der Waals surface area (Å²) in [6.45, 7) is 0. The topological polar surface area (TPSA) is 48.8 Å². The second-order valence-corrected chi connectivity index (χ2v) is 5.84. The molecule has 4 aromatic rings. The van der Waals surface area contributed by atoms with Gasteiger partial charge >= 0.3 is 34.1 Å². The fraction of sp³-hybridized carbons (Fsp3) is 0. The van der Waals surface area contributed by atoms with Crippen LogP contribution in [-0.4, -0.2) is 17.5 Å². The summed E-state index contributed by atoms with van der Waals surface area (Å²) in [6.07, 6.45) is 3.38. The molecule has 0 aromatic heterocycles. The number of hydrazone groups is 2. The predicted molar refractivity (Wildman–Crippen MR) is 122 cm³/mol. The van der Waals surface area contributed by atoms with E-state index >= 15 is 0 Å². The van der Waals surface area contributed by atoms with Crippen LogP contribution in [0.25, 0.3) is 0 Å². The third-order valence-corrected chi connectivity index (χ3v) is 3.43. The smallest absolute Gasteiger partial charge is 0.253 e. The van der Waals surface area contributed by atoms with Crippen molar-refractivity contribution in [3.05, 3.63) is 120 Å². The van der Waals surface area contributed by atoms with Crippen LogP contribution >= 0.6 is 12.2 Å². The summed E-state index contributed by atoms with van der Waals surface area (Å²) in [5.74, 6) is 0. The van der Waals surface area contributed by atoms with Gasteiger partial charge in [-0.2, -0.15) is 70.9 Å². The maximum Gasteiger partial charge on any atom is 2.00 e. The van der Waals surface area contributed by atoms with Crippen LogP contribution in [0.1, 0.15) is 11.1 Å². The van der Waals surface area contributed by atoms with Crippen molar-refractivity contribution in [1.29, 1.82) is 0 Å². The minimum absolute atomic E-state index is 0. The minimum atomic E-state index is 0. The molecule has 0 fully saturated rings. The quantitative estimate of drug-likeness (QED) is 0.140. The first-order valence-corrected chi connectivity index (χ1v) is 9.14. The molecule has 0 atom stereocenters. The number of hydrogen-bond donors (Lipinski definition) is 2. The van der Waals surface area contributed by atoms with Crippen LogP contribution in [0.15, 0.2) is 119 Å². The van der Waals surface area contributed by atoms with Crippen molar-refractivity contribution in [1.82, 2.24) is 10.9 Å². The van der Waals surface area contributed by atoms with E-state index < -0.39 is 0 Å². The van der Waals surface area contributed by atoms with Gasteiger partial charge in [0.05, 0.1) is 0 Å². The second-order valence-electron chi connectivity index (χ2n) is 5.43.